The van der Waals surface area contributed by atoms with E-state index >= 15 is 0 Å². The number of nitrogens with one attached hydrogen (secondary N) is 1. The van der Waals surface area contributed by atoms with Gasteiger partial charge in [-0.15, -0.1) is 0 Å². The van der Waals surface area contributed by atoms with E-state index in [9.17, 15) is 22.4 Å². The third-order valence-corrected chi connectivity index (χ3v) is 4.94. The van der Waals surface area contributed by atoms with Crippen LogP contribution in [-0.4, -0.2) is 42.0 Å². The van der Waals surface area contributed by atoms with Gasteiger partial charge in [0.1, 0.15) is 23.8 Å². The smallest absolute Gasteiger partial charge is 0.387 e. The maximum atomic E-state index is 13.0. The number of alkyl halides is 4. The Kier molecular flexibility index (Phi) is 6.49. The van der Waals surface area contributed by atoms with Crippen molar-refractivity contribution in [1.29, 1.82) is 0 Å². The molecule has 0 spiro atoms. The number of allylic oxidation sites excluding steroid dienone is 4. The summed E-state index contributed by atoms with van der Waals surface area (Å²) >= 11 is 0. The predicted molar refractivity (Wildman–Crippen MR) is 111 cm³/mol. The van der Waals surface area contributed by atoms with Crippen molar-refractivity contribution in [3.05, 3.63) is 52.2 Å². The van der Waals surface area contributed by atoms with E-state index in [4.69, 9.17) is 13.9 Å². The number of nitrogens with zero attached hydrogens (tertiary/aromatic N) is 2. The Hall–Kier alpha value is -3.57. The Morgan fingerprint density at radius 2 is 2.12 bits per heavy atom. The van der Waals surface area contributed by atoms with Crippen LogP contribution in [0, 0.1) is 0 Å². The number of carbonyl (C=O) groups excluding carboxylic acids is 1. The van der Waals surface area contributed by atoms with E-state index < -0.39 is 12.5 Å². The lowest BCUT2D eigenvalue weighted by Gasteiger charge is -2.15. The van der Waals surface area contributed by atoms with Gasteiger partial charge in [-0.05, 0) is 13.0 Å². The van der Waals surface area contributed by atoms with Gasteiger partial charge in [-0.1, -0.05) is 0 Å². The quantitative estimate of drug-likeness (QED) is 0.473. The predicted octanol–water partition coefficient (Wildman–Crippen LogP) is 2.41. The molecule has 1 aromatic heterocycles. The van der Waals surface area contributed by atoms with Crippen LogP contribution >= 0.6 is 0 Å². The van der Waals surface area contributed by atoms with E-state index in [1.165, 1.54) is 25.2 Å². The summed E-state index contributed by atoms with van der Waals surface area (Å²) in [5, 5.41) is 2.69. The zero-order chi connectivity index (χ0) is 24.5. The first-order valence-electron chi connectivity index (χ1n) is 10.4. The van der Waals surface area contributed by atoms with Crippen molar-refractivity contribution in [3.8, 4) is 0 Å². The van der Waals surface area contributed by atoms with Crippen LogP contribution < -0.4 is 16.3 Å². The number of carbonyl (C=O) groups is 1. The Morgan fingerprint density at radius 3 is 2.79 bits per heavy atom. The fourth-order valence-corrected chi connectivity index (χ4v) is 3.23. The topological polar surface area (TPSA) is 95.2 Å². The summed E-state index contributed by atoms with van der Waals surface area (Å²) in [5.41, 5.74) is 0.948. The van der Waals surface area contributed by atoms with E-state index in [0.717, 1.165) is 6.26 Å². The molecule has 34 heavy (non-hydrogen) atoms. The van der Waals surface area contributed by atoms with Crippen molar-refractivity contribution < 1.29 is 41.0 Å². The highest BCUT2D eigenvalue weighted by Gasteiger charge is 2.51. The number of rotatable bonds is 7. The summed E-state index contributed by atoms with van der Waals surface area (Å²) < 4.78 is 73.1. The molecule has 0 radical (unpaired) electrons. The highest BCUT2D eigenvalue weighted by molar-refractivity contribution is 6.04. The van der Waals surface area contributed by atoms with Crippen molar-refractivity contribution in [3.63, 3.8) is 0 Å². The highest BCUT2D eigenvalue weighted by atomic mass is 19.3. The second-order valence-corrected chi connectivity index (χ2v) is 7.86. The maximum absolute atomic E-state index is 13.0. The Bertz CT molecular complexity index is 1230. The molecule has 1 saturated carbocycles. The van der Waals surface area contributed by atoms with Crippen LogP contribution in [0.15, 0.2) is 44.9 Å². The number of oxazole rings is 1. The SMILES string of the molecule is CC(=O)N[C@@H](C)COC1=NCc2nc(=C3CC=C(O/C=C4\CC4(F)F)C=C3OC(F)F)oc2=C1. The summed E-state index contributed by atoms with van der Waals surface area (Å²) in [6.07, 6.45) is 4.79. The van der Waals surface area contributed by atoms with Crippen molar-refractivity contribution >= 4 is 23.5 Å². The first-order chi connectivity index (χ1) is 16.1. The minimum Gasteiger partial charge on any atom is -0.476 e. The van der Waals surface area contributed by atoms with E-state index in [-0.39, 0.29) is 72.1 Å². The molecule has 8 nitrogen and oxygen atoms in total. The summed E-state index contributed by atoms with van der Waals surface area (Å²) in [4.78, 5) is 19.7. The van der Waals surface area contributed by atoms with Gasteiger partial charge in [0.2, 0.25) is 17.4 Å². The van der Waals surface area contributed by atoms with E-state index in [0.29, 0.717) is 11.1 Å². The van der Waals surface area contributed by atoms with Gasteiger partial charge in [0.05, 0.1) is 24.4 Å². The number of halogens is 4. The summed E-state index contributed by atoms with van der Waals surface area (Å²) in [5.74, 6) is -2.94. The third-order valence-electron chi connectivity index (χ3n) is 4.94. The second-order valence-electron chi connectivity index (χ2n) is 7.86. The number of amides is 1. The average molecular weight is 483 g/mol. The molecule has 1 amide bonds. The number of hydrogen-bond donors (Lipinski definition) is 1. The number of fused-ring (bicyclic) bond motifs is 1. The Labute approximate surface area is 191 Å². The normalized spacial score (nSPS) is 22.1. The molecule has 0 aromatic carbocycles. The Balaban J connectivity index is 1.53. The molecule has 0 bridgehead atoms. The second kappa shape index (κ2) is 9.35. The van der Waals surface area contributed by atoms with Crippen molar-refractivity contribution in [1.82, 2.24) is 10.3 Å². The number of aliphatic imine (C=N–C) groups is 1. The van der Waals surface area contributed by atoms with Gasteiger partial charge >= 0.3 is 6.61 Å². The zero-order valence-electron chi connectivity index (χ0n) is 18.2. The highest BCUT2D eigenvalue weighted by Crippen LogP contribution is 2.48. The molecule has 0 unspecified atom stereocenters. The fraction of sp³-hybridized carbons (Fsp3) is 0.409. The zero-order valence-corrected chi connectivity index (χ0v) is 18.2. The molecule has 4 rings (SSSR count). The molecule has 0 saturated heterocycles. The molecule has 2 heterocycles. The molecule has 182 valence electrons. The lowest BCUT2D eigenvalue weighted by molar-refractivity contribution is -0.119. The van der Waals surface area contributed by atoms with Crippen LogP contribution in [0.1, 0.15) is 32.4 Å². The summed E-state index contributed by atoms with van der Waals surface area (Å²) in [6.45, 7) is 0.384. The van der Waals surface area contributed by atoms with Crippen LogP contribution in [0.4, 0.5) is 17.6 Å². The third kappa shape index (κ3) is 5.67. The lowest BCUT2D eigenvalue weighted by Crippen LogP contribution is -2.35. The maximum Gasteiger partial charge on any atom is 0.387 e. The molecule has 2 aliphatic carbocycles. The van der Waals surface area contributed by atoms with Gasteiger partial charge in [0.25, 0.3) is 5.92 Å². The van der Waals surface area contributed by atoms with E-state index in [2.05, 4.69) is 20.0 Å². The standard InChI is InChI=1S/C22H21F4N3O5/c1-11(28-12(2)30)9-32-19-6-18-16(8-27-19)29-20(33-18)15-4-3-14(5-17(15)34-21(23)24)31-10-13-7-22(13,25)26/h3,5-6,10-11,21H,4,7-9H2,1-2H3,(H,28,30)/b13-10+,20-15?/t11-/m0/s1. The minimum absolute atomic E-state index is 0.0543. The van der Waals surface area contributed by atoms with E-state index in [1.54, 1.807) is 6.92 Å². The summed E-state index contributed by atoms with van der Waals surface area (Å²) in [7, 11) is 0. The van der Waals surface area contributed by atoms with Crippen molar-refractivity contribution in [2.75, 3.05) is 6.61 Å². The molecule has 1 aromatic rings. The van der Waals surface area contributed by atoms with Crippen LogP contribution in [0.2, 0.25) is 0 Å². The van der Waals surface area contributed by atoms with Gasteiger partial charge in [-0.3, -0.25) is 4.79 Å². The van der Waals surface area contributed by atoms with Crippen LogP contribution in [0.3, 0.4) is 0 Å². The van der Waals surface area contributed by atoms with E-state index in [1.807, 2.05) is 0 Å². The molecule has 3 aliphatic rings. The van der Waals surface area contributed by atoms with Crippen molar-refractivity contribution in [2.45, 2.75) is 51.8 Å². The van der Waals surface area contributed by atoms with Gasteiger partial charge in [-0.25, -0.2) is 18.8 Å². The van der Waals surface area contributed by atoms with Crippen molar-refractivity contribution in [2.24, 2.45) is 4.99 Å². The summed E-state index contributed by atoms with van der Waals surface area (Å²) in [6, 6.07) is -0.234. The van der Waals surface area contributed by atoms with Crippen LogP contribution in [-0.2, 0) is 25.5 Å². The molecule has 12 heteroatoms. The van der Waals surface area contributed by atoms with Gasteiger partial charge in [-0.2, -0.15) is 8.78 Å². The minimum atomic E-state index is -3.13. The number of hydrogen-bond acceptors (Lipinski definition) is 7. The van der Waals surface area contributed by atoms with Crippen LogP contribution in [0.5, 0.6) is 0 Å². The van der Waals surface area contributed by atoms with Crippen LogP contribution in [0.25, 0.3) is 11.6 Å². The molecule has 1 atom stereocenters. The molecule has 1 N–H and O–H groups in total. The monoisotopic (exact) mass is 483 g/mol. The van der Waals surface area contributed by atoms with Gasteiger partial charge in [0, 0.05) is 37.5 Å². The van der Waals surface area contributed by atoms with Gasteiger partial charge in [0.15, 0.2) is 5.42 Å². The molecular formula is C22H21F4N3O5. The Morgan fingerprint density at radius 1 is 1.35 bits per heavy atom. The average Bonchev–Trinajstić information content (AvgIpc) is 3.16. The molecule has 1 fully saturated rings. The molecule has 1 aliphatic heterocycles. The number of aromatic nitrogens is 1. The first kappa shape index (κ1) is 23.6. The van der Waals surface area contributed by atoms with Gasteiger partial charge < -0.3 is 23.9 Å². The fourth-order valence-electron chi connectivity index (χ4n) is 3.23. The lowest BCUT2D eigenvalue weighted by atomic mass is 10.1. The largest absolute Gasteiger partial charge is 0.476 e. The number of ether oxygens (including phenoxy) is 3. The first-order valence-corrected chi connectivity index (χ1v) is 10.4. The molecular weight excluding hydrogens is 462 g/mol.